The monoisotopic (exact) mass is 367 g/mol. The lowest BCUT2D eigenvalue weighted by Crippen LogP contribution is -2.47. The van der Waals surface area contributed by atoms with Crippen molar-refractivity contribution in [2.45, 2.75) is 38.8 Å². The number of hydrogen-bond donors (Lipinski definition) is 0. The van der Waals surface area contributed by atoms with Crippen molar-refractivity contribution in [2.24, 2.45) is 5.92 Å². The van der Waals surface area contributed by atoms with Crippen molar-refractivity contribution in [3.63, 3.8) is 0 Å². The van der Waals surface area contributed by atoms with Crippen molar-refractivity contribution in [3.05, 3.63) is 65.2 Å². The molecule has 27 heavy (non-hydrogen) atoms. The number of pyridine rings is 1. The lowest BCUT2D eigenvalue weighted by atomic mass is 9.94. The molecule has 1 aromatic carbocycles. The number of aryl methyl sites for hydroxylation is 1. The van der Waals surface area contributed by atoms with Gasteiger partial charge in [0.2, 0.25) is 0 Å². The Labute approximate surface area is 160 Å². The summed E-state index contributed by atoms with van der Waals surface area (Å²) in [5.41, 5.74) is 2.83. The first-order chi connectivity index (χ1) is 13.1. The molecule has 0 N–H and O–H groups in total. The fourth-order valence-electron chi connectivity index (χ4n) is 4.38. The molecule has 0 spiro atoms. The highest BCUT2D eigenvalue weighted by molar-refractivity contribution is 5.94. The Morgan fingerprint density at radius 2 is 1.96 bits per heavy atom. The van der Waals surface area contributed by atoms with Crippen LogP contribution in [0.1, 0.15) is 41.4 Å². The maximum atomic E-state index is 13.2. The number of carbonyl (C=O) groups excluding carboxylic acids is 1. The zero-order valence-corrected chi connectivity index (χ0v) is 15.8. The van der Waals surface area contributed by atoms with E-state index in [0.717, 1.165) is 55.8 Å². The molecule has 4 nitrogen and oxygen atoms in total. The number of rotatable bonds is 4. The molecule has 0 aliphatic carbocycles. The topological polar surface area (TPSA) is 36.4 Å². The summed E-state index contributed by atoms with van der Waals surface area (Å²) in [5.74, 6) is 0.432. The van der Waals surface area contributed by atoms with E-state index in [1.165, 1.54) is 18.6 Å². The quantitative estimate of drug-likeness (QED) is 0.830. The van der Waals surface area contributed by atoms with Crippen LogP contribution in [0.4, 0.5) is 4.39 Å². The van der Waals surface area contributed by atoms with Crippen LogP contribution in [0.3, 0.4) is 0 Å². The highest BCUT2D eigenvalue weighted by Gasteiger charge is 2.37. The summed E-state index contributed by atoms with van der Waals surface area (Å²) in [5, 5.41) is 0. The van der Waals surface area contributed by atoms with Crippen LogP contribution < -0.4 is 0 Å². The molecule has 5 heteroatoms. The van der Waals surface area contributed by atoms with E-state index in [2.05, 4.69) is 21.7 Å². The predicted molar refractivity (Wildman–Crippen MR) is 103 cm³/mol. The fraction of sp³-hybridized carbons (Fsp3) is 0.455. The molecule has 3 aliphatic heterocycles. The maximum Gasteiger partial charge on any atom is 0.254 e. The number of hydrogen-bond acceptors (Lipinski definition) is 3. The van der Waals surface area contributed by atoms with E-state index in [0.29, 0.717) is 5.92 Å². The number of aromatic nitrogens is 1. The van der Waals surface area contributed by atoms with E-state index >= 15 is 0 Å². The summed E-state index contributed by atoms with van der Waals surface area (Å²) in [6, 6.07) is 10.8. The summed E-state index contributed by atoms with van der Waals surface area (Å²) in [7, 11) is 0. The lowest BCUT2D eigenvalue weighted by Gasteiger charge is -2.36. The molecule has 2 bridgehead atoms. The van der Waals surface area contributed by atoms with Gasteiger partial charge < -0.3 is 4.90 Å². The number of halogens is 1. The molecule has 0 saturated carbocycles. The van der Waals surface area contributed by atoms with Gasteiger partial charge in [-0.3, -0.25) is 14.7 Å². The molecule has 1 aromatic heterocycles. The van der Waals surface area contributed by atoms with Crippen molar-refractivity contribution in [1.29, 1.82) is 0 Å². The van der Waals surface area contributed by atoms with Crippen LogP contribution in [-0.2, 0) is 13.0 Å². The first kappa shape index (κ1) is 18.1. The van der Waals surface area contributed by atoms with Crippen LogP contribution >= 0.6 is 0 Å². The first-order valence-electron chi connectivity index (χ1n) is 9.85. The number of amides is 1. The Hall–Kier alpha value is -2.27. The largest absolute Gasteiger partial charge is 0.334 e. The molecule has 142 valence electrons. The van der Waals surface area contributed by atoms with E-state index in [4.69, 9.17) is 0 Å². The van der Waals surface area contributed by atoms with Gasteiger partial charge in [-0.1, -0.05) is 19.1 Å². The Morgan fingerprint density at radius 3 is 2.74 bits per heavy atom. The van der Waals surface area contributed by atoms with Gasteiger partial charge in [0, 0.05) is 49.7 Å². The van der Waals surface area contributed by atoms with Gasteiger partial charge in [0.05, 0.1) is 0 Å². The van der Waals surface area contributed by atoms with Crippen molar-refractivity contribution in [3.8, 4) is 0 Å². The average molecular weight is 367 g/mol. The molecular formula is C22H26FN3O. The van der Waals surface area contributed by atoms with E-state index in [1.807, 2.05) is 24.3 Å². The van der Waals surface area contributed by atoms with Crippen molar-refractivity contribution < 1.29 is 9.18 Å². The van der Waals surface area contributed by atoms with Gasteiger partial charge >= 0.3 is 0 Å². The van der Waals surface area contributed by atoms with Gasteiger partial charge in [0.1, 0.15) is 5.82 Å². The Kier molecular flexibility index (Phi) is 5.21. The molecule has 3 saturated heterocycles. The number of fused-ring (bicyclic) bond motifs is 4. The van der Waals surface area contributed by atoms with Crippen LogP contribution in [0.2, 0.25) is 0 Å². The third-order valence-electron chi connectivity index (χ3n) is 5.80. The fourth-order valence-corrected chi connectivity index (χ4v) is 4.38. The molecule has 0 unspecified atom stereocenters. The SMILES string of the molecule is CCc1cc(C(=O)N2C[C@H]3CC[C@@H]2CN(Cc2ccc(F)cc2)C3)ccn1. The summed E-state index contributed by atoms with van der Waals surface area (Å²) < 4.78 is 13.2. The van der Waals surface area contributed by atoms with Crippen LogP contribution in [0.25, 0.3) is 0 Å². The minimum Gasteiger partial charge on any atom is -0.334 e. The van der Waals surface area contributed by atoms with Gasteiger partial charge in [-0.05, 0) is 55.0 Å². The van der Waals surface area contributed by atoms with Crippen molar-refractivity contribution in [2.75, 3.05) is 19.6 Å². The zero-order chi connectivity index (χ0) is 18.8. The molecule has 2 aromatic rings. The lowest BCUT2D eigenvalue weighted by molar-refractivity contribution is 0.0584. The van der Waals surface area contributed by atoms with E-state index in [-0.39, 0.29) is 17.8 Å². The van der Waals surface area contributed by atoms with E-state index in [9.17, 15) is 9.18 Å². The smallest absolute Gasteiger partial charge is 0.254 e. The Morgan fingerprint density at radius 1 is 1.15 bits per heavy atom. The van der Waals surface area contributed by atoms with E-state index < -0.39 is 0 Å². The number of carbonyl (C=O) groups is 1. The minimum absolute atomic E-state index is 0.130. The number of piperidine rings is 1. The molecule has 3 fully saturated rings. The van der Waals surface area contributed by atoms with Crippen molar-refractivity contribution in [1.82, 2.24) is 14.8 Å². The summed E-state index contributed by atoms with van der Waals surface area (Å²) in [4.78, 5) is 22.0. The maximum absolute atomic E-state index is 13.2. The third-order valence-corrected chi connectivity index (χ3v) is 5.80. The molecule has 4 heterocycles. The standard InChI is InChI=1S/C22H26FN3O/c1-2-20-11-18(9-10-24-20)22(27)26-14-17-5-8-21(26)15-25(13-17)12-16-3-6-19(23)7-4-16/h3-4,6-7,9-11,17,21H,2,5,8,12-15H2,1H3/t17-,21+/m0/s1. The highest BCUT2D eigenvalue weighted by atomic mass is 19.1. The van der Waals surface area contributed by atoms with Crippen LogP contribution in [0.5, 0.6) is 0 Å². The molecule has 5 rings (SSSR count). The summed E-state index contributed by atoms with van der Waals surface area (Å²) in [6.45, 7) is 5.56. The molecule has 1 amide bonds. The van der Waals surface area contributed by atoms with E-state index in [1.54, 1.807) is 6.20 Å². The third kappa shape index (κ3) is 4.03. The average Bonchev–Trinajstić information content (AvgIpc) is 3.00. The van der Waals surface area contributed by atoms with Gasteiger partial charge in [-0.15, -0.1) is 0 Å². The zero-order valence-electron chi connectivity index (χ0n) is 15.8. The normalized spacial score (nSPS) is 22.7. The first-order valence-corrected chi connectivity index (χ1v) is 9.85. The summed E-state index contributed by atoms with van der Waals surface area (Å²) >= 11 is 0. The van der Waals surface area contributed by atoms with Crippen LogP contribution in [0, 0.1) is 11.7 Å². The summed E-state index contributed by atoms with van der Waals surface area (Å²) in [6.07, 6.45) is 4.80. The number of benzene rings is 1. The molecule has 0 radical (unpaired) electrons. The molecule has 2 atom stereocenters. The second-order valence-electron chi connectivity index (χ2n) is 7.76. The molecular weight excluding hydrogens is 341 g/mol. The van der Waals surface area contributed by atoms with Gasteiger partial charge in [-0.2, -0.15) is 0 Å². The van der Waals surface area contributed by atoms with Crippen LogP contribution in [0.15, 0.2) is 42.6 Å². The van der Waals surface area contributed by atoms with Gasteiger partial charge in [0.25, 0.3) is 5.91 Å². The predicted octanol–water partition coefficient (Wildman–Crippen LogP) is 3.52. The second kappa shape index (κ2) is 7.77. The van der Waals surface area contributed by atoms with Crippen LogP contribution in [-0.4, -0.2) is 46.4 Å². The minimum atomic E-state index is -0.199. The van der Waals surface area contributed by atoms with Gasteiger partial charge in [0.15, 0.2) is 0 Å². The second-order valence-corrected chi connectivity index (χ2v) is 7.76. The molecule has 3 aliphatic rings. The number of nitrogens with zero attached hydrogens (tertiary/aromatic N) is 3. The Bertz CT molecular complexity index is 807. The van der Waals surface area contributed by atoms with Crippen molar-refractivity contribution >= 4 is 5.91 Å². The van der Waals surface area contributed by atoms with Gasteiger partial charge in [-0.25, -0.2) is 4.39 Å². The highest BCUT2D eigenvalue weighted by Crippen LogP contribution is 2.30. The Balaban J connectivity index is 1.49.